The molecule has 1 aromatic heterocycles. The van der Waals surface area contributed by atoms with Crippen LogP contribution in [0.3, 0.4) is 0 Å². The highest BCUT2D eigenvalue weighted by Gasteiger charge is 2.14. The van der Waals surface area contributed by atoms with Crippen molar-refractivity contribution in [3.05, 3.63) is 63.3 Å². The van der Waals surface area contributed by atoms with Gasteiger partial charge in [-0.3, -0.25) is 4.79 Å². The summed E-state index contributed by atoms with van der Waals surface area (Å²) in [7, 11) is 0. The lowest BCUT2D eigenvalue weighted by atomic mass is 10.1. The summed E-state index contributed by atoms with van der Waals surface area (Å²) in [6, 6.07) is 10.3. The van der Waals surface area contributed by atoms with E-state index >= 15 is 0 Å². The summed E-state index contributed by atoms with van der Waals surface area (Å²) < 4.78 is 0. The molecule has 1 aromatic carbocycles. The predicted molar refractivity (Wildman–Crippen MR) is 74.1 cm³/mol. The van der Waals surface area contributed by atoms with E-state index in [0.29, 0.717) is 6.54 Å². The lowest BCUT2D eigenvalue weighted by Crippen LogP contribution is -2.32. The van der Waals surface area contributed by atoms with Gasteiger partial charge in [0.05, 0.1) is 11.3 Å². The summed E-state index contributed by atoms with van der Waals surface area (Å²) in [4.78, 5) is 19.5. The first-order valence-electron chi connectivity index (χ1n) is 6.68. The van der Waals surface area contributed by atoms with Gasteiger partial charge in [-0.05, 0) is 12.0 Å². The molecule has 0 atom stereocenters. The maximum absolute atomic E-state index is 12.0. The maximum atomic E-state index is 12.0. The van der Waals surface area contributed by atoms with Gasteiger partial charge < -0.3 is 10.3 Å². The van der Waals surface area contributed by atoms with Crippen molar-refractivity contribution in [2.45, 2.75) is 25.8 Å². The first-order valence-corrected chi connectivity index (χ1v) is 6.68. The third kappa shape index (κ3) is 2.74. The Morgan fingerprint density at radius 2 is 2.00 bits per heavy atom. The van der Waals surface area contributed by atoms with Crippen LogP contribution in [-0.4, -0.2) is 16.5 Å². The number of fused-ring (bicyclic) bond motifs is 1. The van der Waals surface area contributed by atoms with Gasteiger partial charge in [0, 0.05) is 25.9 Å². The van der Waals surface area contributed by atoms with Crippen LogP contribution in [0.25, 0.3) is 0 Å². The third-order valence-electron chi connectivity index (χ3n) is 3.48. The molecule has 0 radical (unpaired) electrons. The Labute approximate surface area is 111 Å². The molecule has 4 nitrogen and oxygen atoms in total. The third-order valence-corrected chi connectivity index (χ3v) is 3.48. The van der Waals surface area contributed by atoms with Gasteiger partial charge in [0.2, 0.25) is 0 Å². The van der Waals surface area contributed by atoms with Crippen molar-refractivity contribution in [3.63, 3.8) is 0 Å². The molecule has 98 valence electrons. The molecule has 1 aliphatic heterocycles. The number of nitrogens with one attached hydrogen (secondary N) is 2. The normalized spacial score (nSPS) is 14.1. The number of rotatable bonds is 3. The van der Waals surface area contributed by atoms with Crippen LogP contribution >= 0.6 is 0 Å². The van der Waals surface area contributed by atoms with Crippen LogP contribution in [0.15, 0.2) is 35.1 Å². The minimum Gasteiger partial charge on any atom is -0.312 e. The second-order valence-corrected chi connectivity index (χ2v) is 4.85. The van der Waals surface area contributed by atoms with Gasteiger partial charge in [-0.25, -0.2) is 4.98 Å². The Morgan fingerprint density at radius 3 is 2.84 bits per heavy atom. The van der Waals surface area contributed by atoms with Crippen molar-refractivity contribution in [2.24, 2.45) is 0 Å². The number of hydrogen-bond acceptors (Lipinski definition) is 3. The summed E-state index contributed by atoms with van der Waals surface area (Å²) in [6.07, 6.45) is 2.53. The zero-order valence-electron chi connectivity index (χ0n) is 10.8. The quantitative estimate of drug-likeness (QED) is 0.866. The van der Waals surface area contributed by atoms with Gasteiger partial charge in [-0.1, -0.05) is 30.3 Å². The summed E-state index contributed by atoms with van der Waals surface area (Å²) >= 11 is 0. The molecule has 0 unspecified atom stereocenters. The molecule has 19 heavy (non-hydrogen) atoms. The second-order valence-electron chi connectivity index (χ2n) is 4.85. The Morgan fingerprint density at radius 1 is 1.16 bits per heavy atom. The second kappa shape index (κ2) is 5.36. The number of aromatic nitrogens is 2. The van der Waals surface area contributed by atoms with E-state index in [2.05, 4.69) is 27.4 Å². The molecule has 2 aromatic rings. The number of hydrogen-bond donors (Lipinski definition) is 2. The summed E-state index contributed by atoms with van der Waals surface area (Å²) in [6.45, 7) is 1.54. The van der Waals surface area contributed by atoms with Crippen molar-refractivity contribution >= 4 is 0 Å². The van der Waals surface area contributed by atoms with E-state index in [9.17, 15) is 4.79 Å². The van der Waals surface area contributed by atoms with E-state index in [4.69, 9.17) is 0 Å². The van der Waals surface area contributed by atoms with E-state index in [1.165, 1.54) is 5.56 Å². The maximum Gasteiger partial charge on any atom is 0.255 e. The number of nitrogens with zero attached hydrogens (tertiary/aromatic N) is 1. The minimum atomic E-state index is 0.0141. The van der Waals surface area contributed by atoms with Crippen LogP contribution < -0.4 is 10.9 Å². The molecule has 3 rings (SSSR count). The van der Waals surface area contributed by atoms with Gasteiger partial charge in [-0.2, -0.15) is 0 Å². The largest absolute Gasteiger partial charge is 0.312 e. The summed E-state index contributed by atoms with van der Waals surface area (Å²) in [5.41, 5.74) is 3.05. The smallest absolute Gasteiger partial charge is 0.255 e. The lowest BCUT2D eigenvalue weighted by molar-refractivity contribution is 0.612. The van der Waals surface area contributed by atoms with Crippen LogP contribution in [0.5, 0.6) is 0 Å². The van der Waals surface area contributed by atoms with E-state index < -0.39 is 0 Å². The number of aryl methyl sites for hydroxylation is 2. The Bertz CT molecular complexity index is 619. The van der Waals surface area contributed by atoms with E-state index in [-0.39, 0.29) is 5.56 Å². The fraction of sp³-hybridized carbons (Fsp3) is 0.333. The SMILES string of the molecule is O=c1[nH]c(CCc2ccccc2)nc2c1CNCC2. The average Bonchev–Trinajstić information content (AvgIpc) is 2.46. The van der Waals surface area contributed by atoms with Gasteiger partial charge in [0.1, 0.15) is 5.82 Å². The van der Waals surface area contributed by atoms with Gasteiger partial charge in [0.25, 0.3) is 5.56 Å². The molecule has 0 aliphatic carbocycles. The summed E-state index contributed by atoms with van der Waals surface area (Å²) in [5, 5.41) is 3.20. The molecule has 0 fully saturated rings. The molecule has 0 bridgehead atoms. The van der Waals surface area contributed by atoms with Crippen molar-refractivity contribution in [1.82, 2.24) is 15.3 Å². The van der Waals surface area contributed by atoms with Gasteiger partial charge in [0.15, 0.2) is 0 Å². The van der Waals surface area contributed by atoms with Crippen LogP contribution in [0, 0.1) is 0 Å². The predicted octanol–water partition coefficient (Wildman–Crippen LogP) is 1.20. The lowest BCUT2D eigenvalue weighted by Gasteiger charge is -2.15. The molecule has 4 heteroatoms. The molecule has 0 spiro atoms. The zero-order valence-corrected chi connectivity index (χ0v) is 10.8. The Balaban J connectivity index is 1.78. The van der Waals surface area contributed by atoms with Crippen molar-refractivity contribution in [2.75, 3.05) is 6.54 Å². The van der Waals surface area contributed by atoms with Gasteiger partial charge in [-0.15, -0.1) is 0 Å². The number of H-pyrrole nitrogens is 1. The standard InChI is InChI=1S/C15H17N3O/c19-15-12-10-16-9-8-13(12)17-14(18-15)7-6-11-4-2-1-3-5-11/h1-5,16H,6-10H2,(H,17,18,19). The molecule has 2 N–H and O–H groups in total. The highest BCUT2D eigenvalue weighted by atomic mass is 16.1. The van der Waals surface area contributed by atoms with E-state index in [0.717, 1.165) is 42.9 Å². The van der Waals surface area contributed by atoms with Crippen LogP contribution in [-0.2, 0) is 25.8 Å². The zero-order chi connectivity index (χ0) is 13.1. The molecular formula is C15H17N3O. The summed E-state index contributed by atoms with van der Waals surface area (Å²) in [5.74, 6) is 0.800. The fourth-order valence-corrected chi connectivity index (χ4v) is 2.43. The topological polar surface area (TPSA) is 57.8 Å². The molecular weight excluding hydrogens is 238 g/mol. The highest BCUT2D eigenvalue weighted by Crippen LogP contribution is 2.08. The first kappa shape index (κ1) is 12.1. The molecule has 2 heterocycles. The Kier molecular flexibility index (Phi) is 3.42. The van der Waals surface area contributed by atoms with Crippen molar-refractivity contribution in [1.29, 1.82) is 0 Å². The van der Waals surface area contributed by atoms with Crippen LogP contribution in [0.4, 0.5) is 0 Å². The number of aromatic amines is 1. The molecule has 0 amide bonds. The molecule has 1 aliphatic rings. The van der Waals surface area contributed by atoms with E-state index in [1.807, 2.05) is 18.2 Å². The highest BCUT2D eigenvalue weighted by molar-refractivity contribution is 5.21. The van der Waals surface area contributed by atoms with Crippen molar-refractivity contribution in [3.8, 4) is 0 Å². The van der Waals surface area contributed by atoms with E-state index in [1.54, 1.807) is 0 Å². The number of benzene rings is 1. The monoisotopic (exact) mass is 255 g/mol. The van der Waals surface area contributed by atoms with Crippen LogP contribution in [0.1, 0.15) is 22.6 Å². The van der Waals surface area contributed by atoms with Crippen molar-refractivity contribution < 1.29 is 0 Å². The average molecular weight is 255 g/mol. The van der Waals surface area contributed by atoms with Crippen LogP contribution in [0.2, 0.25) is 0 Å². The van der Waals surface area contributed by atoms with Gasteiger partial charge >= 0.3 is 0 Å². The molecule has 0 saturated heterocycles. The molecule has 0 saturated carbocycles. The fourth-order valence-electron chi connectivity index (χ4n) is 2.43. The Hall–Kier alpha value is -1.94. The minimum absolute atomic E-state index is 0.0141. The first-order chi connectivity index (χ1) is 9.33.